The average Bonchev–Trinajstić information content (AvgIpc) is 2.94. The Kier molecular flexibility index (Phi) is 3.62. The third kappa shape index (κ3) is 2.81. The highest BCUT2D eigenvalue weighted by Crippen LogP contribution is 2.47. The molecule has 5 nitrogen and oxygen atoms in total. The summed E-state index contributed by atoms with van der Waals surface area (Å²) >= 11 is 0. The van der Waals surface area contributed by atoms with E-state index < -0.39 is 34.6 Å². The molecule has 5 atom stereocenters. The molecule has 0 amide bonds. The number of aliphatic hydroxyl groups is 3. The van der Waals surface area contributed by atoms with Crippen LogP contribution in [0.3, 0.4) is 0 Å². The number of ether oxygens (including phenoxy) is 1. The number of hydrogen-bond donors (Lipinski definition) is 3. The van der Waals surface area contributed by atoms with Crippen molar-refractivity contribution >= 4 is 5.78 Å². The van der Waals surface area contributed by atoms with Gasteiger partial charge in [0.2, 0.25) is 0 Å². The number of ketones is 1. The Morgan fingerprint density at radius 2 is 1.80 bits per heavy atom. The molecule has 1 heterocycles. The second kappa shape index (κ2) is 4.63. The van der Waals surface area contributed by atoms with Crippen molar-refractivity contribution in [1.29, 1.82) is 0 Å². The third-order valence-corrected chi connectivity index (χ3v) is 4.46. The maximum atomic E-state index is 12.0. The largest absolute Gasteiger partial charge is 0.393 e. The molecule has 0 saturated carbocycles. The van der Waals surface area contributed by atoms with E-state index in [1.165, 1.54) is 13.0 Å². The van der Waals surface area contributed by atoms with Gasteiger partial charge in [-0.25, -0.2) is 0 Å². The lowest BCUT2D eigenvalue weighted by Crippen LogP contribution is -2.39. The van der Waals surface area contributed by atoms with Crippen LogP contribution in [0.15, 0.2) is 12.2 Å². The monoisotopic (exact) mass is 284 g/mol. The minimum atomic E-state index is -1.61. The van der Waals surface area contributed by atoms with Gasteiger partial charge in [0.1, 0.15) is 11.7 Å². The van der Waals surface area contributed by atoms with Crippen LogP contribution in [-0.4, -0.2) is 50.6 Å². The number of carbonyl (C=O) groups is 1. The normalized spacial score (nSPS) is 48.4. The smallest absolute Gasteiger partial charge is 0.186 e. The number of fused-ring (bicyclic) bond motifs is 1. The lowest BCUT2D eigenvalue weighted by atomic mass is 9.81. The molecule has 0 bridgehead atoms. The van der Waals surface area contributed by atoms with Crippen LogP contribution < -0.4 is 0 Å². The first-order valence-electron chi connectivity index (χ1n) is 6.98. The summed E-state index contributed by atoms with van der Waals surface area (Å²) in [5, 5.41) is 30.6. The van der Waals surface area contributed by atoms with Gasteiger partial charge in [0.05, 0.1) is 17.8 Å². The molecule has 1 fully saturated rings. The summed E-state index contributed by atoms with van der Waals surface area (Å²) in [5.41, 5.74) is -2.86. The third-order valence-electron chi connectivity index (χ3n) is 4.46. The van der Waals surface area contributed by atoms with Gasteiger partial charge < -0.3 is 20.1 Å². The van der Waals surface area contributed by atoms with E-state index in [0.717, 1.165) is 0 Å². The van der Waals surface area contributed by atoms with Gasteiger partial charge in [0, 0.05) is 18.3 Å². The molecule has 5 heteroatoms. The van der Waals surface area contributed by atoms with Crippen LogP contribution >= 0.6 is 0 Å². The van der Waals surface area contributed by atoms with E-state index in [9.17, 15) is 20.1 Å². The molecular weight excluding hydrogens is 260 g/mol. The van der Waals surface area contributed by atoms with E-state index in [4.69, 9.17) is 4.74 Å². The summed E-state index contributed by atoms with van der Waals surface area (Å²) in [6, 6.07) is 0. The predicted molar refractivity (Wildman–Crippen MR) is 73.1 cm³/mol. The molecule has 0 aromatic carbocycles. The second-order valence-electron chi connectivity index (χ2n) is 7.15. The first-order valence-corrected chi connectivity index (χ1v) is 6.98. The molecule has 3 N–H and O–H groups in total. The number of aliphatic hydroxyl groups excluding tert-OH is 2. The van der Waals surface area contributed by atoms with Crippen LogP contribution in [0.1, 0.15) is 40.5 Å². The van der Waals surface area contributed by atoms with Gasteiger partial charge in [0.15, 0.2) is 5.78 Å². The molecule has 5 unspecified atom stereocenters. The van der Waals surface area contributed by atoms with Gasteiger partial charge in [0.25, 0.3) is 0 Å². The highest BCUT2D eigenvalue weighted by molar-refractivity contribution is 5.96. The fourth-order valence-electron chi connectivity index (χ4n) is 2.88. The zero-order valence-electron chi connectivity index (χ0n) is 12.5. The fourth-order valence-corrected chi connectivity index (χ4v) is 2.88. The van der Waals surface area contributed by atoms with Crippen molar-refractivity contribution in [1.82, 2.24) is 0 Å². The number of epoxide rings is 1. The predicted octanol–water partition coefficient (Wildman–Crippen LogP) is 0.562. The van der Waals surface area contributed by atoms with Crippen LogP contribution in [0.5, 0.6) is 0 Å². The van der Waals surface area contributed by atoms with Crippen molar-refractivity contribution in [2.75, 3.05) is 0 Å². The average molecular weight is 284 g/mol. The highest BCUT2D eigenvalue weighted by Gasteiger charge is 2.59. The Balaban J connectivity index is 2.33. The molecule has 0 aromatic heterocycles. The maximum absolute atomic E-state index is 12.0. The summed E-state index contributed by atoms with van der Waals surface area (Å²) in [6.45, 7) is 6.86. The second-order valence-corrected chi connectivity index (χ2v) is 7.15. The Morgan fingerprint density at radius 1 is 1.20 bits per heavy atom. The van der Waals surface area contributed by atoms with E-state index in [1.54, 1.807) is 6.08 Å². The molecule has 2 aliphatic rings. The highest BCUT2D eigenvalue weighted by atomic mass is 16.6. The van der Waals surface area contributed by atoms with Gasteiger partial charge in [-0.05, 0) is 19.9 Å². The van der Waals surface area contributed by atoms with Gasteiger partial charge in [-0.3, -0.25) is 4.79 Å². The summed E-state index contributed by atoms with van der Waals surface area (Å²) in [4.78, 5) is 12.0. The number of carbonyl (C=O) groups excluding carboxylic acids is 1. The minimum Gasteiger partial charge on any atom is -0.393 e. The van der Waals surface area contributed by atoms with E-state index in [2.05, 4.69) is 0 Å². The molecule has 0 radical (unpaired) electrons. The van der Waals surface area contributed by atoms with Crippen molar-refractivity contribution in [2.45, 2.75) is 70.1 Å². The molecule has 20 heavy (non-hydrogen) atoms. The topological polar surface area (TPSA) is 90.3 Å². The molecule has 1 aliphatic carbocycles. The van der Waals surface area contributed by atoms with Crippen molar-refractivity contribution < 1.29 is 24.9 Å². The lowest BCUT2D eigenvalue weighted by Gasteiger charge is -2.26. The lowest BCUT2D eigenvalue weighted by molar-refractivity contribution is -0.133. The fraction of sp³-hybridized carbons (Fsp3) is 0.800. The van der Waals surface area contributed by atoms with Crippen molar-refractivity contribution in [3.63, 3.8) is 0 Å². The molecule has 1 aliphatic heterocycles. The Labute approximate surface area is 119 Å². The number of rotatable bonds is 0. The van der Waals surface area contributed by atoms with Gasteiger partial charge in [-0.1, -0.05) is 19.9 Å². The zero-order valence-corrected chi connectivity index (χ0v) is 12.5. The molecule has 1 saturated heterocycles. The van der Waals surface area contributed by atoms with Crippen molar-refractivity contribution in [2.24, 2.45) is 5.41 Å². The van der Waals surface area contributed by atoms with Gasteiger partial charge >= 0.3 is 0 Å². The van der Waals surface area contributed by atoms with Crippen LogP contribution in [0, 0.1) is 5.41 Å². The number of hydrogen-bond acceptors (Lipinski definition) is 5. The van der Waals surface area contributed by atoms with Crippen LogP contribution in [-0.2, 0) is 9.53 Å². The van der Waals surface area contributed by atoms with Crippen LogP contribution in [0.2, 0.25) is 0 Å². The van der Waals surface area contributed by atoms with Gasteiger partial charge in [-0.2, -0.15) is 0 Å². The quantitative estimate of drug-likeness (QED) is 0.566. The van der Waals surface area contributed by atoms with E-state index in [-0.39, 0.29) is 18.9 Å². The Bertz CT molecular complexity index is 440. The maximum Gasteiger partial charge on any atom is 0.186 e. The summed E-state index contributed by atoms with van der Waals surface area (Å²) in [6.07, 6.45) is 1.15. The van der Waals surface area contributed by atoms with Gasteiger partial charge in [-0.15, -0.1) is 0 Å². The molecule has 2 rings (SSSR count). The molecule has 0 spiro atoms. The Hall–Kier alpha value is -0.750. The molecular formula is C15H24O5. The zero-order chi connectivity index (χ0) is 15.3. The first-order chi connectivity index (χ1) is 8.98. The van der Waals surface area contributed by atoms with E-state index in [0.29, 0.717) is 0 Å². The van der Waals surface area contributed by atoms with Crippen LogP contribution in [0.25, 0.3) is 0 Å². The van der Waals surface area contributed by atoms with E-state index >= 15 is 0 Å². The first kappa shape index (κ1) is 15.6. The Morgan fingerprint density at radius 3 is 2.40 bits per heavy atom. The standard InChI is InChI=1S/C15H24O5/c1-13(2)6-5-10(17)14(3,19)7-9(16)8-15(4)12(20-15)11(13)18/h5-6,9,11-12,16,18-19H,7-8H2,1-4H3. The summed E-state index contributed by atoms with van der Waals surface area (Å²) < 4.78 is 5.58. The minimum absolute atomic E-state index is 0.0433. The van der Waals surface area contributed by atoms with Crippen molar-refractivity contribution in [3.05, 3.63) is 12.2 Å². The SMILES string of the molecule is CC1(O)CC(O)CC2(C)OC2C(O)C(C)(C)C=CC1=O. The van der Waals surface area contributed by atoms with Crippen LogP contribution in [0.4, 0.5) is 0 Å². The molecule has 114 valence electrons. The van der Waals surface area contributed by atoms with Crippen molar-refractivity contribution in [3.8, 4) is 0 Å². The molecule has 0 aromatic rings. The summed E-state index contributed by atoms with van der Waals surface area (Å²) in [7, 11) is 0. The summed E-state index contributed by atoms with van der Waals surface area (Å²) in [5.74, 6) is -0.460. The van der Waals surface area contributed by atoms with E-state index in [1.807, 2.05) is 20.8 Å².